The second kappa shape index (κ2) is 6.71. The van der Waals surface area contributed by atoms with Crippen molar-refractivity contribution in [1.82, 2.24) is 4.90 Å². The molecule has 3 heteroatoms. The molecular formula is C17H23NO2. The van der Waals surface area contributed by atoms with Crippen molar-refractivity contribution in [3.05, 3.63) is 41.5 Å². The maximum absolute atomic E-state index is 12.1. The first-order valence-corrected chi connectivity index (χ1v) is 7.34. The third-order valence-electron chi connectivity index (χ3n) is 4.02. The van der Waals surface area contributed by atoms with Gasteiger partial charge in [0.05, 0.1) is 6.10 Å². The summed E-state index contributed by atoms with van der Waals surface area (Å²) < 4.78 is 0. The van der Waals surface area contributed by atoms with Gasteiger partial charge < -0.3 is 10.0 Å². The average molecular weight is 273 g/mol. The minimum absolute atomic E-state index is 0.0349. The van der Waals surface area contributed by atoms with Gasteiger partial charge in [0.15, 0.2) is 0 Å². The van der Waals surface area contributed by atoms with E-state index in [0.717, 1.165) is 24.9 Å². The number of rotatable bonds is 4. The van der Waals surface area contributed by atoms with E-state index in [1.165, 1.54) is 5.56 Å². The molecule has 20 heavy (non-hydrogen) atoms. The number of hydrogen-bond acceptors (Lipinski definition) is 2. The number of nitrogens with zero attached hydrogens (tertiary/aromatic N) is 1. The van der Waals surface area contributed by atoms with E-state index in [2.05, 4.69) is 19.1 Å². The van der Waals surface area contributed by atoms with E-state index >= 15 is 0 Å². The minimum Gasteiger partial charge on any atom is -0.393 e. The van der Waals surface area contributed by atoms with E-state index in [4.69, 9.17) is 0 Å². The predicted octanol–water partition coefficient (Wildman–Crippen LogP) is 2.49. The Kier molecular flexibility index (Phi) is 4.96. The predicted molar refractivity (Wildman–Crippen MR) is 81.2 cm³/mol. The fraction of sp³-hybridized carbons (Fsp3) is 0.471. The zero-order valence-electron chi connectivity index (χ0n) is 12.2. The van der Waals surface area contributed by atoms with Crippen LogP contribution in [0.4, 0.5) is 0 Å². The Bertz CT molecular complexity index is 476. The molecule has 1 N–H and O–H groups in total. The summed E-state index contributed by atoms with van der Waals surface area (Å²) in [5.74, 6) is 0.254. The van der Waals surface area contributed by atoms with E-state index in [1.54, 1.807) is 13.0 Å². The van der Waals surface area contributed by atoms with Crippen molar-refractivity contribution in [3.8, 4) is 0 Å². The smallest absolute Gasteiger partial charge is 0.246 e. The van der Waals surface area contributed by atoms with Gasteiger partial charge in [-0.25, -0.2) is 0 Å². The number of aryl methyl sites for hydroxylation is 1. The van der Waals surface area contributed by atoms with Gasteiger partial charge in [-0.1, -0.05) is 31.2 Å². The van der Waals surface area contributed by atoms with Crippen LogP contribution in [0.2, 0.25) is 0 Å². The molecule has 0 aromatic heterocycles. The lowest BCUT2D eigenvalue weighted by molar-refractivity contribution is -0.125. The highest BCUT2D eigenvalue weighted by molar-refractivity contribution is 5.91. The lowest BCUT2D eigenvalue weighted by Crippen LogP contribution is -2.28. The van der Waals surface area contributed by atoms with Crippen molar-refractivity contribution in [2.24, 2.45) is 5.92 Å². The molecule has 0 aliphatic carbocycles. The molecule has 0 radical (unpaired) electrons. The van der Waals surface area contributed by atoms with E-state index < -0.39 is 0 Å². The topological polar surface area (TPSA) is 40.5 Å². The number of hydrogen-bond donors (Lipinski definition) is 1. The maximum Gasteiger partial charge on any atom is 0.246 e. The lowest BCUT2D eigenvalue weighted by atomic mass is 10.0. The standard InChI is InChI=1S/C17H23NO2/c1-3-14-4-6-15(7-5-14)8-9-17(20)18-11-10-16(12-18)13(2)19/h4-9,13,16,19H,3,10-12H2,1-2H3/b9-8+. The van der Waals surface area contributed by atoms with Gasteiger partial charge in [-0.2, -0.15) is 0 Å². The van der Waals surface area contributed by atoms with Crippen LogP contribution in [0.25, 0.3) is 6.08 Å². The largest absolute Gasteiger partial charge is 0.393 e. The molecule has 3 nitrogen and oxygen atoms in total. The molecule has 1 amide bonds. The monoisotopic (exact) mass is 273 g/mol. The molecule has 1 aromatic rings. The Labute approximate surface area is 120 Å². The lowest BCUT2D eigenvalue weighted by Gasteiger charge is -2.15. The molecule has 1 aliphatic heterocycles. The van der Waals surface area contributed by atoms with Gasteiger partial charge in [0.2, 0.25) is 5.91 Å². The third-order valence-corrected chi connectivity index (χ3v) is 4.02. The summed E-state index contributed by atoms with van der Waals surface area (Å²) >= 11 is 0. The van der Waals surface area contributed by atoms with E-state index in [9.17, 15) is 9.90 Å². The molecule has 2 unspecified atom stereocenters. The van der Waals surface area contributed by atoms with Gasteiger partial charge in [0.25, 0.3) is 0 Å². The Balaban J connectivity index is 1.92. The van der Waals surface area contributed by atoms with Gasteiger partial charge in [-0.15, -0.1) is 0 Å². The number of aliphatic hydroxyl groups excluding tert-OH is 1. The van der Waals surface area contributed by atoms with E-state index in [-0.39, 0.29) is 17.9 Å². The summed E-state index contributed by atoms with van der Waals surface area (Å²) in [5.41, 5.74) is 2.34. The first-order valence-electron chi connectivity index (χ1n) is 7.34. The number of amides is 1. The number of carbonyl (C=O) groups is 1. The quantitative estimate of drug-likeness (QED) is 0.856. The molecular weight excluding hydrogens is 250 g/mol. The third kappa shape index (κ3) is 3.70. The maximum atomic E-state index is 12.1. The molecule has 0 spiro atoms. The van der Waals surface area contributed by atoms with Gasteiger partial charge >= 0.3 is 0 Å². The first-order chi connectivity index (χ1) is 9.60. The van der Waals surface area contributed by atoms with Crippen LogP contribution in [0.15, 0.2) is 30.3 Å². The van der Waals surface area contributed by atoms with Crippen LogP contribution in [0.3, 0.4) is 0 Å². The van der Waals surface area contributed by atoms with Crippen LogP contribution in [0.5, 0.6) is 0 Å². The summed E-state index contributed by atoms with van der Waals surface area (Å²) in [6.45, 7) is 5.33. The zero-order chi connectivity index (χ0) is 14.5. The zero-order valence-corrected chi connectivity index (χ0v) is 12.2. The SMILES string of the molecule is CCc1ccc(/C=C/C(=O)N2CCC(C(C)O)C2)cc1. The van der Waals surface area contributed by atoms with Crippen molar-refractivity contribution >= 4 is 12.0 Å². The molecule has 2 atom stereocenters. The number of aliphatic hydroxyl groups is 1. The normalized spacial score (nSPS) is 20.6. The first kappa shape index (κ1) is 14.8. The van der Waals surface area contributed by atoms with Gasteiger partial charge in [0.1, 0.15) is 0 Å². The highest BCUT2D eigenvalue weighted by Crippen LogP contribution is 2.20. The Morgan fingerprint density at radius 1 is 1.45 bits per heavy atom. The molecule has 1 saturated heterocycles. The molecule has 0 bridgehead atoms. The molecule has 1 fully saturated rings. The van der Waals surface area contributed by atoms with Crippen LogP contribution in [0.1, 0.15) is 31.4 Å². The molecule has 108 valence electrons. The van der Waals surface area contributed by atoms with Crippen molar-refractivity contribution in [3.63, 3.8) is 0 Å². The summed E-state index contributed by atoms with van der Waals surface area (Å²) in [6.07, 6.45) is 5.07. The van der Waals surface area contributed by atoms with Gasteiger partial charge in [-0.3, -0.25) is 4.79 Å². The number of likely N-dealkylation sites (tertiary alicyclic amines) is 1. The van der Waals surface area contributed by atoms with E-state index in [1.807, 2.05) is 23.1 Å². The van der Waals surface area contributed by atoms with Crippen LogP contribution in [-0.4, -0.2) is 35.1 Å². The summed E-state index contributed by atoms with van der Waals surface area (Å²) in [6, 6.07) is 8.24. The average Bonchev–Trinajstić information content (AvgIpc) is 2.95. The highest BCUT2D eigenvalue weighted by atomic mass is 16.3. The summed E-state index contributed by atoms with van der Waals surface area (Å²) in [7, 11) is 0. The van der Waals surface area contributed by atoms with Crippen LogP contribution >= 0.6 is 0 Å². The molecule has 1 heterocycles. The van der Waals surface area contributed by atoms with Crippen molar-refractivity contribution in [2.75, 3.05) is 13.1 Å². The highest BCUT2D eigenvalue weighted by Gasteiger charge is 2.27. The van der Waals surface area contributed by atoms with Crippen LogP contribution in [-0.2, 0) is 11.2 Å². The Morgan fingerprint density at radius 3 is 2.70 bits per heavy atom. The van der Waals surface area contributed by atoms with Crippen LogP contribution in [0, 0.1) is 5.92 Å². The van der Waals surface area contributed by atoms with E-state index in [0.29, 0.717) is 6.54 Å². The second-order valence-corrected chi connectivity index (χ2v) is 5.50. The molecule has 1 aliphatic rings. The Hall–Kier alpha value is -1.61. The second-order valence-electron chi connectivity index (χ2n) is 5.50. The fourth-order valence-corrected chi connectivity index (χ4v) is 2.52. The van der Waals surface area contributed by atoms with Gasteiger partial charge in [-0.05, 0) is 37.0 Å². The number of carbonyl (C=O) groups excluding carboxylic acids is 1. The molecule has 2 rings (SSSR count). The summed E-state index contributed by atoms with van der Waals surface area (Å²) in [4.78, 5) is 13.9. The molecule has 0 saturated carbocycles. The minimum atomic E-state index is -0.335. The van der Waals surface area contributed by atoms with Gasteiger partial charge in [0, 0.05) is 25.1 Å². The number of benzene rings is 1. The van der Waals surface area contributed by atoms with Crippen molar-refractivity contribution < 1.29 is 9.90 Å². The Morgan fingerprint density at radius 2 is 2.15 bits per heavy atom. The van der Waals surface area contributed by atoms with Crippen molar-refractivity contribution in [1.29, 1.82) is 0 Å². The fourth-order valence-electron chi connectivity index (χ4n) is 2.52. The van der Waals surface area contributed by atoms with Crippen molar-refractivity contribution in [2.45, 2.75) is 32.8 Å². The summed E-state index contributed by atoms with van der Waals surface area (Å²) in [5, 5.41) is 9.55. The van der Waals surface area contributed by atoms with Crippen LogP contribution < -0.4 is 0 Å². The molecule has 1 aromatic carbocycles.